The van der Waals surface area contributed by atoms with Gasteiger partial charge in [-0.15, -0.1) is 0 Å². The zero-order valence-electron chi connectivity index (χ0n) is 18.4. The Morgan fingerprint density at radius 2 is 1.84 bits per heavy atom. The number of rotatable bonds is 11. The molecule has 1 aromatic rings. The van der Waals surface area contributed by atoms with Crippen molar-refractivity contribution in [3.63, 3.8) is 0 Å². The summed E-state index contributed by atoms with van der Waals surface area (Å²) in [7, 11) is 0. The van der Waals surface area contributed by atoms with Crippen molar-refractivity contribution < 1.29 is 19.1 Å². The van der Waals surface area contributed by atoms with Crippen LogP contribution in [0, 0.1) is 23.7 Å². The molecule has 2 N–H and O–H groups in total. The number of para-hydroxylation sites is 1. The molecule has 2 fully saturated rings. The Kier molecular flexibility index (Phi) is 8.27. The van der Waals surface area contributed by atoms with Crippen LogP contribution in [0.1, 0.15) is 51.9 Å². The van der Waals surface area contributed by atoms with Crippen LogP contribution in [-0.2, 0) is 19.1 Å². The molecule has 3 rings (SSSR count). The van der Waals surface area contributed by atoms with E-state index in [1.165, 1.54) is 0 Å². The highest BCUT2D eigenvalue weighted by Crippen LogP contribution is 2.40. The van der Waals surface area contributed by atoms with Gasteiger partial charge in [0, 0.05) is 18.2 Å². The Labute approximate surface area is 184 Å². The summed E-state index contributed by atoms with van der Waals surface area (Å²) in [5.74, 6) is -0.759. The second-order valence-corrected chi connectivity index (χ2v) is 8.55. The Hall–Kier alpha value is -2.63. The molecule has 2 saturated carbocycles. The molecule has 0 radical (unpaired) electrons. The zero-order chi connectivity index (χ0) is 22.2. The van der Waals surface area contributed by atoms with Crippen LogP contribution in [0.4, 0.5) is 5.69 Å². The number of nitrogens with zero attached hydrogens (tertiary/aromatic N) is 1. The van der Waals surface area contributed by atoms with Crippen molar-refractivity contribution in [1.82, 2.24) is 0 Å². The van der Waals surface area contributed by atoms with Crippen molar-refractivity contribution in [2.24, 2.45) is 29.4 Å². The number of amides is 2. The number of carbonyl (C=O) groups excluding carboxylic acids is 3. The molecular weight excluding hydrogens is 392 g/mol. The summed E-state index contributed by atoms with van der Waals surface area (Å²) in [5.41, 5.74) is 6.42. The monoisotopic (exact) mass is 426 g/mol. The van der Waals surface area contributed by atoms with Crippen LogP contribution in [0.2, 0.25) is 0 Å². The number of nitrogens with two attached hydrogens (primary N) is 1. The van der Waals surface area contributed by atoms with Gasteiger partial charge in [-0.25, -0.2) is 0 Å². The van der Waals surface area contributed by atoms with Crippen molar-refractivity contribution in [2.45, 2.75) is 51.9 Å². The third-order valence-corrected chi connectivity index (χ3v) is 6.35. The maximum atomic E-state index is 13.3. The summed E-state index contributed by atoms with van der Waals surface area (Å²) >= 11 is 0. The average Bonchev–Trinajstić information content (AvgIpc) is 3.37. The minimum absolute atomic E-state index is 0.0123. The molecule has 0 aromatic heterocycles. The molecule has 1 aromatic carbocycles. The molecule has 0 saturated heterocycles. The van der Waals surface area contributed by atoms with E-state index in [0.717, 1.165) is 44.2 Å². The first kappa shape index (κ1) is 23.0. The Balaban J connectivity index is 1.50. The lowest BCUT2D eigenvalue weighted by Crippen LogP contribution is -2.41. The van der Waals surface area contributed by atoms with Gasteiger partial charge >= 0.3 is 5.97 Å². The van der Waals surface area contributed by atoms with E-state index in [1.54, 1.807) is 0 Å². The summed E-state index contributed by atoms with van der Waals surface area (Å²) < 4.78 is 5.06. The van der Waals surface area contributed by atoms with Crippen molar-refractivity contribution in [2.75, 3.05) is 18.1 Å². The fourth-order valence-electron chi connectivity index (χ4n) is 4.52. The summed E-state index contributed by atoms with van der Waals surface area (Å²) in [4.78, 5) is 38.6. The largest absolute Gasteiger partial charge is 0.466 e. The third kappa shape index (κ3) is 6.18. The second-order valence-electron chi connectivity index (χ2n) is 8.55. The maximum Gasteiger partial charge on any atom is 0.309 e. The van der Waals surface area contributed by atoms with Gasteiger partial charge in [-0.1, -0.05) is 36.8 Å². The van der Waals surface area contributed by atoms with Crippen LogP contribution >= 0.6 is 0 Å². The first-order chi connectivity index (χ1) is 15.0. The molecule has 168 valence electrons. The number of primary amides is 1. The van der Waals surface area contributed by atoms with E-state index in [2.05, 4.69) is 12.2 Å². The molecular formula is C25H34N2O4. The third-order valence-electron chi connectivity index (χ3n) is 6.35. The number of ether oxygens (including phenoxy) is 1. The van der Waals surface area contributed by atoms with E-state index < -0.39 is 0 Å². The minimum Gasteiger partial charge on any atom is -0.466 e. The molecule has 31 heavy (non-hydrogen) atoms. The predicted octanol–water partition coefficient (Wildman–Crippen LogP) is 3.85. The number of anilines is 1. The number of benzene rings is 1. The normalized spacial score (nSPS) is 24.8. The molecule has 0 spiro atoms. The molecule has 0 heterocycles. The molecule has 6 heteroatoms. The van der Waals surface area contributed by atoms with Gasteiger partial charge in [-0.2, -0.15) is 0 Å². The molecule has 0 unspecified atom stereocenters. The van der Waals surface area contributed by atoms with Gasteiger partial charge in [0.15, 0.2) is 0 Å². The Bertz CT molecular complexity index is 792. The predicted molar refractivity (Wildman–Crippen MR) is 120 cm³/mol. The second kappa shape index (κ2) is 11.1. The summed E-state index contributed by atoms with van der Waals surface area (Å²) in [5, 5.41) is 0. The number of allylic oxidation sites excluding steroid dienone is 2. The van der Waals surface area contributed by atoms with E-state index >= 15 is 0 Å². The molecule has 6 nitrogen and oxygen atoms in total. The smallest absolute Gasteiger partial charge is 0.309 e. The SMILES string of the molecule is CCOC(=O)[C@H]1C[C@H]1/C=C\CCCCN(C(=O)[C@@H]1CCC[C@H]1C(N)=O)c1ccccc1. The van der Waals surface area contributed by atoms with Gasteiger partial charge in [-0.3, -0.25) is 14.4 Å². The number of unbranched alkanes of at least 4 members (excludes halogenated alkanes) is 2. The molecule has 0 aliphatic heterocycles. The maximum absolute atomic E-state index is 13.3. The minimum atomic E-state index is -0.366. The highest BCUT2D eigenvalue weighted by Gasteiger charge is 2.42. The van der Waals surface area contributed by atoms with Crippen molar-refractivity contribution in [1.29, 1.82) is 0 Å². The standard InChI is InChI=1S/C25H34N2O4/c1-2-31-25(30)22-17-18(22)11-6-3-4-9-16-27(19-12-7-5-8-13-19)24(29)21-15-10-14-20(21)23(26)28/h5-8,11-13,18,20-22H,2-4,9-10,14-17H2,1H3,(H2,26,28)/b11-6-/t18-,20-,21-,22+/m1/s1. The molecule has 4 atom stereocenters. The van der Waals surface area contributed by atoms with E-state index in [0.29, 0.717) is 25.5 Å². The Morgan fingerprint density at radius 1 is 1.10 bits per heavy atom. The summed E-state index contributed by atoms with van der Waals surface area (Å²) in [6.45, 7) is 2.88. The van der Waals surface area contributed by atoms with Gasteiger partial charge in [0.05, 0.1) is 18.4 Å². The van der Waals surface area contributed by atoms with Crippen LogP contribution in [0.3, 0.4) is 0 Å². The fraction of sp³-hybridized carbons (Fsp3) is 0.560. The van der Waals surface area contributed by atoms with Crippen LogP contribution in [0.25, 0.3) is 0 Å². The molecule has 0 bridgehead atoms. The van der Waals surface area contributed by atoms with Crippen molar-refractivity contribution in [3.05, 3.63) is 42.5 Å². The fourth-order valence-corrected chi connectivity index (χ4v) is 4.52. The van der Waals surface area contributed by atoms with Crippen molar-refractivity contribution >= 4 is 23.5 Å². The van der Waals surface area contributed by atoms with Gasteiger partial charge in [0.2, 0.25) is 11.8 Å². The van der Waals surface area contributed by atoms with Crippen molar-refractivity contribution in [3.8, 4) is 0 Å². The first-order valence-electron chi connectivity index (χ1n) is 11.5. The number of carbonyl (C=O) groups is 3. The average molecular weight is 427 g/mol. The number of esters is 1. The van der Waals surface area contributed by atoms with E-state index in [9.17, 15) is 14.4 Å². The number of hydrogen-bond acceptors (Lipinski definition) is 4. The van der Waals surface area contributed by atoms with E-state index in [1.807, 2.05) is 42.2 Å². The summed E-state index contributed by atoms with van der Waals surface area (Å²) in [6.07, 6.45) is 10.2. The highest BCUT2D eigenvalue weighted by molar-refractivity contribution is 5.98. The van der Waals surface area contributed by atoms with Crippen LogP contribution in [0.15, 0.2) is 42.5 Å². The summed E-state index contributed by atoms with van der Waals surface area (Å²) in [6, 6.07) is 9.66. The topological polar surface area (TPSA) is 89.7 Å². The Morgan fingerprint density at radius 3 is 2.55 bits per heavy atom. The van der Waals surface area contributed by atoms with Crippen LogP contribution in [0.5, 0.6) is 0 Å². The zero-order valence-corrected chi connectivity index (χ0v) is 18.4. The van der Waals surface area contributed by atoms with Gasteiger partial charge < -0.3 is 15.4 Å². The van der Waals surface area contributed by atoms with E-state index in [-0.39, 0.29) is 35.5 Å². The van der Waals surface area contributed by atoms with Gasteiger partial charge in [0.1, 0.15) is 0 Å². The van der Waals surface area contributed by atoms with Gasteiger partial charge in [0.25, 0.3) is 0 Å². The quantitative estimate of drug-likeness (QED) is 0.331. The molecule has 2 aliphatic carbocycles. The highest BCUT2D eigenvalue weighted by atomic mass is 16.5. The lowest BCUT2D eigenvalue weighted by atomic mass is 9.93. The lowest BCUT2D eigenvalue weighted by molar-refractivity contribution is -0.144. The first-order valence-corrected chi connectivity index (χ1v) is 11.5. The number of hydrogen-bond donors (Lipinski definition) is 1. The van der Waals surface area contributed by atoms with E-state index in [4.69, 9.17) is 10.5 Å². The van der Waals surface area contributed by atoms with Crippen LogP contribution in [-0.4, -0.2) is 30.9 Å². The van der Waals surface area contributed by atoms with Gasteiger partial charge in [-0.05, 0) is 63.5 Å². The van der Waals surface area contributed by atoms with Crippen LogP contribution < -0.4 is 10.6 Å². The molecule has 2 amide bonds. The molecule has 2 aliphatic rings. The lowest BCUT2D eigenvalue weighted by Gasteiger charge is -2.27.